The molecule has 0 bridgehead atoms. The molecule has 1 N–H and O–H groups in total. The SMILES string of the molecule is COc1ccc(OC)c(CCNC(=O)N(C)CCOc2ccccc2)c1. The molecule has 0 unspecified atom stereocenters. The van der Waals surface area contributed by atoms with E-state index in [1.807, 2.05) is 48.5 Å². The maximum absolute atomic E-state index is 12.2. The van der Waals surface area contributed by atoms with Gasteiger partial charge in [0.1, 0.15) is 23.9 Å². The molecule has 0 fully saturated rings. The molecule has 140 valence electrons. The molecule has 0 aliphatic heterocycles. The van der Waals surface area contributed by atoms with E-state index in [0.29, 0.717) is 26.1 Å². The van der Waals surface area contributed by atoms with E-state index in [-0.39, 0.29) is 6.03 Å². The molecule has 0 aromatic heterocycles. The van der Waals surface area contributed by atoms with Crippen molar-refractivity contribution in [1.82, 2.24) is 10.2 Å². The fraction of sp³-hybridized carbons (Fsp3) is 0.350. The number of hydrogen-bond donors (Lipinski definition) is 1. The van der Waals surface area contributed by atoms with Crippen molar-refractivity contribution in [1.29, 1.82) is 0 Å². The van der Waals surface area contributed by atoms with Crippen LogP contribution < -0.4 is 19.5 Å². The lowest BCUT2D eigenvalue weighted by atomic mass is 10.1. The molecular weight excluding hydrogens is 332 g/mol. The van der Waals surface area contributed by atoms with Crippen molar-refractivity contribution >= 4 is 6.03 Å². The van der Waals surface area contributed by atoms with Crippen molar-refractivity contribution in [3.05, 3.63) is 54.1 Å². The van der Waals surface area contributed by atoms with Crippen molar-refractivity contribution in [2.24, 2.45) is 0 Å². The molecule has 0 aliphatic rings. The topological polar surface area (TPSA) is 60.0 Å². The van der Waals surface area contributed by atoms with Crippen LogP contribution >= 0.6 is 0 Å². The molecule has 2 aromatic carbocycles. The van der Waals surface area contributed by atoms with Gasteiger partial charge in [-0.15, -0.1) is 0 Å². The van der Waals surface area contributed by atoms with Crippen molar-refractivity contribution in [2.45, 2.75) is 6.42 Å². The zero-order valence-electron chi connectivity index (χ0n) is 15.5. The number of carbonyl (C=O) groups excluding carboxylic acids is 1. The number of carbonyl (C=O) groups is 1. The molecule has 0 atom stereocenters. The van der Waals surface area contributed by atoms with Gasteiger partial charge in [-0.1, -0.05) is 18.2 Å². The molecule has 0 saturated heterocycles. The second kappa shape index (κ2) is 10.2. The van der Waals surface area contributed by atoms with Crippen LogP contribution in [0, 0.1) is 0 Å². The highest BCUT2D eigenvalue weighted by Gasteiger charge is 2.09. The van der Waals surface area contributed by atoms with E-state index in [2.05, 4.69) is 5.32 Å². The van der Waals surface area contributed by atoms with Crippen LogP contribution in [0.4, 0.5) is 4.79 Å². The second-order valence-electron chi connectivity index (χ2n) is 5.74. The highest BCUT2D eigenvalue weighted by molar-refractivity contribution is 5.73. The highest BCUT2D eigenvalue weighted by atomic mass is 16.5. The van der Waals surface area contributed by atoms with Gasteiger partial charge in [0, 0.05) is 13.6 Å². The first-order valence-corrected chi connectivity index (χ1v) is 8.51. The summed E-state index contributed by atoms with van der Waals surface area (Å²) in [5.41, 5.74) is 0.988. The number of nitrogens with one attached hydrogen (secondary N) is 1. The van der Waals surface area contributed by atoms with E-state index >= 15 is 0 Å². The van der Waals surface area contributed by atoms with Gasteiger partial charge in [0.25, 0.3) is 0 Å². The van der Waals surface area contributed by atoms with E-state index < -0.39 is 0 Å². The number of hydrogen-bond acceptors (Lipinski definition) is 4. The summed E-state index contributed by atoms with van der Waals surface area (Å²) in [4.78, 5) is 13.8. The molecule has 0 aliphatic carbocycles. The van der Waals surface area contributed by atoms with Crippen molar-refractivity contribution in [3.8, 4) is 17.2 Å². The number of benzene rings is 2. The first kappa shape index (κ1) is 19.4. The summed E-state index contributed by atoms with van der Waals surface area (Å²) < 4.78 is 16.2. The van der Waals surface area contributed by atoms with Crippen LogP contribution in [0.2, 0.25) is 0 Å². The quantitative estimate of drug-likeness (QED) is 0.749. The van der Waals surface area contributed by atoms with Crippen LogP contribution in [0.25, 0.3) is 0 Å². The largest absolute Gasteiger partial charge is 0.497 e. The fourth-order valence-electron chi connectivity index (χ4n) is 2.44. The van der Waals surface area contributed by atoms with Gasteiger partial charge in [-0.3, -0.25) is 0 Å². The first-order valence-electron chi connectivity index (χ1n) is 8.51. The van der Waals surface area contributed by atoms with E-state index in [0.717, 1.165) is 22.8 Å². The van der Waals surface area contributed by atoms with Gasteiger partial charge in [-0.2, -0.15) is 0 Å². The molecule has 2 amide bonds. The minimum absolute atomic E-state index is 0.136. The molecule has 0 radical (unpaired) electrons. The normalized spacial score (nSPS) is 10.1. The van der Waals surface area contributed by atoms with Crippen LogP contribution in [0.15, 0.2) is 48.5 Å². The molecule has 6 nitrogen and oxygen atoms in total. The molecule has 2 rings (SSSR count). The van der Waals surface area contributed by atoms with Crippen LogP contribution in [-0.4, -0.2) is 51.9 Å². The molecule has 6 heteroatoms. The van der Waals surface area contributed by atoms with Crippen molar-refractivity contribution in [2.75, 3.05) is 41.0 Å². The fourth-order valence-corrected chi connectivity index (χ4v) is 2.44. The van der Waals surface area contributed by atoms with Gasteiger partial charge >= 0.3 is 6.03 Å². The van der Waals surface area contributed by atoms with Crippen molar-refractivity contribution in [3.63, 3.8) is 0 Å². The van der Waals surface area contributed by atoms with Gasteiger partial charge in [-0.05, 0) is 42.3 Å². The lowest BCUT2D eigenvalue weighted by molar-refractivity contribution is 0.195. The Balaban J connectivity index is 1.74. The first-order chi connectivity index (χ1) is 12.6. The average molecular weight is 358 g/mol. The molecule has 0 spiro atoms. The highest BCUT2D eigenvalue weighted by Crippen LogP contribution is 2.24. The monoisotopic (exact) mass is 358 g/mol. The number of rotatable bonds is 9. The summed E-state index contributed by atoms with van der Waals surface area (Å²) in [6.07, 6.45) is 0.653. The van der Waals surface area contributed by atoms with Crippen LogP contribution in [0.5, 0.6) is 17.2 Å². The van der Waals surface area contributed by atoms with Crippen LogP contribution in [-0.2, 0) is 6.42 Å². The minimum atomic E-state index is -0.136. The Labute approximate surface area is 154 Å². The third kappa shape index (κ3) is 5.88. The summed E-state index contributed by atoms with van der Waals surface area (Å²) in [6.45, 7) is 1.45. The molecule has 0 saturated carbocycles. The lowest BCUT2D eigenvalue weighted by Crippen LogP contribution is -2.40. The van der Waals surface area contributed by atoms with E-state index in [4.69, 9.17) is 14.2 Å². The summed E-state index contributed by atoms with van der Waals surface area (Å²) in [5, 5.41) is 2.90. The third-order valence-electron chi connectivity index (χ3n) is 3.94. The van der Waals surface area contributed by atoms with E-state index in [1.165, 1.54) is 0 Å². The Morgan fingerprint density at radius 3 is 2.50 bits per heavy atom. The molecular formula is C20H26N2O4. The predicted octanol–water partition coefficient (Wildman–Crippen LogP) is 2.97. The van der Waals surface area contributed by atoms with Gasteiger partial charge in [-0.25, -0.2) is 4.79 Å². The van der Waals surface area contributed by atoms with E-state index in [1.54, 1.807) is 26.2 Å². The molecule has 26 heavy (non-hydrogen) atoms. The molecule has 2 aromatic rings. The number of amides is 2. The number of methoxy groups -OCH3 is 2. The van der Waals surface area contributed by atoms with Crippen molar-refractivity contribution < 1.29 is 19.0 Å². The summed E-state index contributed by atoms with van der Waals surface area (Å²) in [6, 6.07) is 15.0. The zero-order valence-corrected chi connectivity index (χ0v) is 15.5. The summed E-state index contributed by atoms with van der Waals surface area (Å²) >= 11 is 0. The van der Waals surface area contributed by atoms with Gasteiger partial charge in [0.15, 0.2) is 0 Å². The number of nitrogens with zero attached hydrogens (tertiary/aromatic N) is 1. The smallest absolute Gasteiger partial charge is 0.317 e. The number of likely N-dealkylation sites (N-methyl/N-ethyl adjacent to an activating group) is 1. The lowest BCUT2D eigenvalue weighted by Gasteiger charge is -2.18. The summed E-state index contributed by atoms with van der Waals surface area (Å²) in [5.74, 6) is 2.35. The molecule has 0 heterocycles. The Kier molecular flexibility index (Phi) is 7.61. The second-order valence-corrected chi connectivity index (χ2v) is 5.74. The van der Waals surface area contributed by atoms with E-state index in [9.17, 15) is 4.79 Å². The Morgan fingerprint density at radius 2 is 1.81 bits per heavy atom. The van der Waals surface area contributed by atoms with Gasteiger partial charge in [0.2, 0.25) is 0 Å². The average Bonchev–Trinajstić information content (AvgIpc) is 2.68. The number of urea groups is 1. The Hall–Kier alpha value is -2.89. The van der Waals surface area contributed by atoms with Crippen LogP contribution in [0.3, 0.4) is 0 Å². The number of para-hydroxylation sites is 1. The van der Waals surface area contributed by atoms with Crippen LogP contribution in [0.1, 0.15) is 5.56 Å². The maximum Gasteiger partial charge on any atom is 0.317 e. The zero-order chi connectivity index (χ0) is 18.8. The Bertz CT molecular complexity index is 691. The standard InChI is InChI=1S/C20H26N2O4/c1-22(13-14-26-17-7-5-4-6-8-17)20(23)21-12-11-16-15-18(24-2)9-10-19(16)25-3/h4-10,15H,11-14H2,1-3H3,(H,21,23). The maximum atomic E-state index is 12.2. The minimum Gasteiger partial charge on any atom is -0.497 e. The summed E-state index contributed by atoms with van der Waals surface area (Å²) in [7, 11) is 5.00. The Morgan fingerprint density at radius 1 is 1.04 bits per heavy atom. The predicted molar refractivity (Wildman–Crippen MR) is 101 cm³/mol. The number of ether oxygens (including phenoxy) is 3. The third-order valence-corrected chi connectivity index (χ3v) is 3.94. The van der Waals surface area contributed by atoms with Gasteiger partial charge in [0.05, 0.1) is 20.8 Å². The van der Waals surface area contributed by atoms with Gasteiger partial charge < -0.3 is 24.4 Å².